The third kappa shape index (κ3) is 12.8. The average molecular weight is 452 g/mol. The van der Waals surface area contributed by atoms with Crippen LogP contribution < -0.4 is 0 Å². The van der Waals surface area contributed by atoms with Gasteiger partial charge in [0.05, 0.1) is 0 Å². The van der Waals surface area contributed by atoms with Gasteiger partial charge in [0.25, 0.3) is 0 Å². The number of hydrogen-bond acceptors (Lipinski definition) is 0. The first-order chi connectivity index (χ1) is 9.28. The quantitative estimate of drug-likeness (QED) is 0.441. The van der Waals surface area contributed by atoms with Crippen LogP contribution >= 0.6 is 0 Å². The van der Waals surface area contributed by atoms with E-state index < -0.39 is 0 Å². The van der Waals surface area contributed by atoms with E-state index in [0.29, 0.717) is 0 Å². The van der Waals surface area contributed by atoms with Gasteiger partial charge in [-0.15, -0.1) is 0 Å². The van der Waals surface area contributed by atoms with Crippen molar-refractivity contribution in [2.24, 2.45) is 0 Å². The Bertz CT molecular complexity index is 312. The Morgan fingerprint density at radius 1 is 0.700 bits per heavy atom. The number of aryl methyl sites for hydroxylation is 2. The summed E-state index contributed by atoms with van der Waals surface area (Å²) in [5.74, 6) is 0. The van der Waals surface area contributed by atoms with Gasteiger partial charge < -0.3 is 0 Å². The Labute approximate surface area is 147 Å². The van der Waals surface area contributed by atoms with E-state index in [0.717, 1.165) is 9.52 Å². The smallest absolute Gasteiger partial charge is 0.0213 e. The molecule has 0 unspecified atom stereocenters. The van der Waals surface area contributed by atoms with Gasteiger partial charge in [-0.3, -0.25) is 0 Å². The molecule has 2 rings (SSSR count). The molecule has 0 aliphatic heterocycles. The maximum Gasteiger partial charge on any atom is 0.0213 e. The monoisotopic (exact) mass is 453 g/mol. The van der Waals surface area contributed by atoms with Crippen LogP contribution in [0.5, 0.6) is 0 Å². The topological polar surface area (TPSA) is 0 Å². The molecule has 0 fully saturated rings. The van der Waals surface area contributed by atoms with Gasteiger partial charge in [0.2, 0.25) is 0 Å². The molecular formula is C18H29HfSi-2. The van der Waals surface area contributed by atoms with Crippen molar-refractivity contribution in [3.05, 3.63) is 59.7 Å². The molecule has 20 heavy (non-hydrogen) atoms. The minimum absolute atomic E-state index is 0. The summed E-state index contributed by atoms with van der Waals surface area (Å²) in [4.78, 5) is 0. The molecule has 2 aromatic carbocycles. The van der Waals surface area contributed by atoms with Gasteiger partial charge in [-0.2, -0.15) is 35.4 Å². The first-order valence-electron chi connectivity index (χ1n) is 7.43. The molecule has 0 saturated carbocycles. The first-order valence-corrected chi connectivity index (χ1v) is 9.74. The second-order valence-electron chi connectivity index (χ2n) is 4.66. The Balaban J connectivity index is 0. The van der Waals surface area contributed by atoms with Crippen molar-refractivity contribution in [2.45, 2.75) is 52.6 Å². The number of rotatable bonds is 4. The number of hydrogen-bond donors (Lipinski definition) is 0. The van der Waals surface area contributed by atoms with Crippen LogP contribution in [0.2, 0.25) is 13.1 Å². The van der Waals surface area contributed by atoms with Crippen molar-refractivity contribution in [1.29, 1.82) is 0 Å². The third-order valence-electron chi connectivity index (χ3n) is 2.54. The fourth-order valence-corrected chi connectivity index (χ4v) is 1.74. The van der Waals surface area contributed by atoms with E-state index in [9.17, 15) is 0 Å². The Morgan fingerprint density at radius 2 is 0.950 bits per heavy atom. The minimum atomic E-state index is 0. The average Bonchev–Trinajstić information content (AvgIpc) is 3.05. The van der Waals surface area contributed by atoms with E-state index in [4.69, 9.17) is 0 Å². The van der Waals surface area contributed by atoms with Crippen molar-refractivity contribution in [3.8, 4) is 0 Å². The van der Waals surface area contributed by atoms with Crippen molar-refractivity contribution in [2.75, 3.05) is 0 Å². The molecule has 2 heteroatoms. The van der Waals surface area contributed by atoms with Crippen LogP contribution in [-0.2, 0) is 38.7 Å². The summed E-state index contributed by atoms with van der Waals surface area (Å²) in [7, 11) is 0.750. The summed E-state index contributed by atoms with van der Waals surface area (Å²) in [6, 6.07) is 17.0. The van der Waals surface area contributed by atoms with Gasteiger partial charge in [0, 0.05) is 35.4 Å². The maximum absolute atomic E-state index is 2.21. The van der Waals surface area contributed by atoms with E-state index in [-0.39, 0.29) is 25.8 Å². The van der Waals surface area contributed by atoms with Gasteiger partial charge in [0.15, 0.2) is 0 Å². The van der Waals surface area contributed by atoms with E-state index in [1.165, 1.54) is 36.8 Å². The zero-order chi connectivity index (χ0) is 14.3. The van der Waals surface area contributed by atoms with E-state index in [1.807, 2.05) is 0 Å². The van der Waals surface area contributed by atoms with Crippen molar-refractivity contribution >= 4 is 9.52 Å². The molecule has 0 saturated heterocycles. The van der Waals surface area contributed by atoms with E-state index in [1.54, 1.807) is 0 Å². The molecule has 0 atom stereocenters. The molecule has 0 bridgehead atoms. The molecule has 0 spiro atoms. The van der Waals surface area contributed by atoms with Gasteiger partial charge >= 0.3 is 0 Å². The van der Waals surface area contributed by atoms with E-state index >= 15 is 0 Å². The first kappa shape index (κ1) is 22.1. The van der Waals surface area contributed by atoms with Gasteiger partial charge in [-0.05, 0) is 0 Å². The minimum Gasteiger partial charge on any atom is -0.213 e. The predicted molar refractivity (Wildman–Crippen MR) is 90.9 cm³/mol. The molecule has 0 heterocycles. The summed E-state index contributed by atoms with van der Waals surface area (Å²) < 4.78 is 0. The second-order valence-corrected chi connectivity index (χ2v) is 5.82. The van der Waals surface area contributed by atoms with Crippen LogP contribution in [0.4, 0.5) is 0 Å². The predicted octanol–water partition coefficient (Wildman–Crippen LogP) is 5.23. The standard InChI is InChI=1S/2C8H11.C2H7Si.Hf/c2*1-2-5-8-6-3-4-7-8;1-3-2;/h2*3-4,6-7H,2,5H2,1H3;3H,1-2H3;/q2*-1;;. The molecule has 111 valence electrons. The Hall–Kier alpha value is -0.213. The molecule has 0 amide bonds. The summed E-state index contributed by atoms with van der Waals surface area (Å²) in [5, 5.41) is 0. The molecule has 0 aromatic heterocycles. The Morgan fingerprint density at radius 3 is 1.15 bits per heavy atom. The van der Waals surface area contributed by atoms with Gasteiger partial charge in [-0.1, -0.05) is 52.6 Å². The van der Waals surface area contributed by atoms with Gasteiger partial charge in [-0.25, -0.2) is 24.3 Å². The van der Waals surface area contributed by atoms with Crippen LogP contribution in [-0.4, -0.2) is 9.52 Å². The summed E-state index contributed by atoms with van der Waals surface area (Å²) in [6.07, 6.45) is 4.97. The van der Waals surface area contributed by atoms with Crippen LogP contribution in [0, 0.1) is 0 Å². The molecular weight excluding hydrogens is 423 g/mol. The van der Waals surface area contributed by atoms with Crippen LogP contribution in [0.1, 0.15) is 37.8 Å². The molecule has 0 aliphatic carbocycles. The summed E-state index contributed by atoms with van der Waals surface area (Å²) >= 11 is 0. The Kier molecular flexibility index (Phi) is 18.6. The second kappa shape index (κ2) is 16.8. The van der Waals surface area contributed by atoms with Crippen molar-refractivity contribution in [1.82, 2.24) is 0 Å². The van der Waals surface area contributed by atoms with Crippen LogP contribution in [0.25, 0.3) is 0 Å². The largest absolute Gasteiger partial charge is 0.213 e. The SMILES string of the molecule is CCC[c-]1cccc1.CCC[c-]1cccc1.C[SiH]C.[Hf]. The zero-order valence-electron chi connectivity index (χ0n) is 13.5. The normalized spacial score (nSPS) is 8.60. The van der Waals surface area contributed by atoms with Gasteiger partial charge in [0.1, 0.15) is 0 Å². The van der Waals surface area contributed by atoms with Crippen LogP contribution in [0.15, 0.2) is 48.5 Å². The fourth-order valence-electron chi connectivity index (χ4n) is 1.74. The fraction of sp³-hybridized carbons (Fsp3) is 0.444. The molecule has 0 N–H and O–H groups in total. The van der Waals surface area contributed by atoms with E-state index in [2.05, 4.69) is 75.5 Å². The summed E-state index contributed by atoms with van der Waals surface area (Å²) in [5.41, 5.74) is 2.93. The molecule has 0 aliphatic rings. The third-order valence-corrected chi connectivity index (χ3v) is 2.54. The molecule has 2 aromatic rings. The van der Waals surface area contributed by atoms with Crippen molar-refractivity contribution < 1.29 is 25.8 Å². The summed E-state index contributed by atoms with van der Waals surface area (Å²) in [6.45, 7) is 8.82. The van der Waals surface area contributed by atoms with Crippen molar-refractivity contribution in [3.63, 3.8) is 0 Å². The molecule has 1 radical (unpaired) electrons. The zero-order valence-corrected chi connectivity index (χ0v) is 18.3. The van der Waals surface area contributed by atoms with Crippen LogP contribution in [0.3, 0.4) is 0 Å². The maximum atomic E-state index is 2.21. The molecule has 0 nitrogen and oxygen atoms in total.